The van der Waals surface area contributed by atoms with Crippen molar-refractivity contribution in [2.24, 2.45) is 0 Å². The zero-order valence-electron chi connectivity index (χ0n) is 21.1. The number of alkyl halides is 3. The fourth-order valence-electron chi connectivity index (χ4n) is 4.79. The molecule has 2 aromatic carbocycles. The van der Waals surface area contributed by atoms with Crippen LogP contribution in [0.1, 0.15) is 27.9 Å². The van der Waals surface area contributed by atoms with E-state index in [1.165, 1.54) is 22.9 Å². The van der Waals surface area contributed by atoms with E-state index in [1.54, 1.807) is 30.3 Å². The van der Waals surface area contributed by atoms with Crippen molar-refractivity contribution in [1.29, 1.82) is 5.26 Å². The summed E-state index contributed by atoms with van der Waals surface area (Å²) in [6.45, 7) is 1.97. The van der Waals surface area contributed by atoms with Crippen LogP contribution in [0.2, 0.25) is 5.15 Å². The number of benzene rings is 2. The van der Waals surface area contributed by atoms with E-state index in [-0.39, 0.29) is 11.7 Å². The predicted octanol–water partition coefficient (Wildman–Crippen LogP) is 6.29. The summed E-state index contributed by atoms with van der Waals surface area (Å²) in [6, 6.07) is 16.3. The van der Waals surface area contributed by atoms with Crippen LogP contribution in [-0.4, -0.2) is 39.9 Å². The number of hydrogen-bond acceptors (Lipinski definition) is 5. The van der Waals surface area contributed by atoms with Crippen LogP contribution in [0, 0.1) is 11.3 Å². The van der Waals surface area contributed by atoms with Crippen molar-refractivity contribution < 1.29 is 22.7 Å². The number of aromatic nitrogens is 2. The average Bonchev–Trinajstić information content (AvgIpc) is 3.24. The van der Waals surface area contributed by atoms with Gasteiger partial charge in [0, 0.05) is 55.9 Å². The second kappa shape index (κ2) is 11.4. The molecule has 0 unspecified atom stereocenters. The first kappa shape index (κ1) is 27.2. The van der Waals surface area contributed by atoms with Crippen molar-refractivity contribution in [2.45, 2.75) is 25.9 Å². The number of ether oxygens (including phenoxy) is 1. The van der Waals surface area contributed by atoms with Crippen LogP contribution in [-0.2, 0) is 19.5 Å². The molecule has 0 saturated heterocycles. The highest BCUT2D eigenvalue weighted by molar-refractivity contribution is 6.29. The summed E-state index contributed by atoms with van der Waals surface area (Å²) >= 11 is 5.94. The SMILES string of the molecule is N#Cc1ccc(/C=C/CN2CCc3c(c4ccc(OC(F)(F)F)cc4n3C(=O)NCc3ccnc(Cl)c3)C2)cc1. The monoisotopic (exact) mass is 565 g/mol. The Kier molecular flexibility index (Phi) is 7.78. The average molecular weight is 566 g/mol. The molecule has 0 aliphatic carbocycles. The quantitative estimate of drug-likeness (QED) is 0.278. The first-order chi connectivity index (χ1) is 19.2. The highest BCUT2D eigenvalue weighted by atomic mass is 35.5. The topological polar surface area (TPSA) is 83.2 Å². The molecule has 40 heavy (non-hydrogen) atoms. The third kappa shape index (κ3) is 6.28. The minimum absolute atomic E-state index is 0.167. The Bertz CT molecular complexity index is 1620. The zero-order valence-corrected chi connectivity index (χ0v) is 21.8. The predicted molar refractivity (Wildman–Crippen MR) is 145 cm³/mol. The van der Waals surface area contributed by atoms with Gasteiger partial charge in [0.1, 0.15) is 10.9 Å². The van der Waals surface area contributed by atoms with Crippen molar-refractivity contribution in [3.63, 3.8) is 0 Å². The summed E-state index contributed by atoms with van der Waals surface area (Å²) in [6.07, 6.45) is 1.19. The molecule has 0 atom stereocenters. The van der Waals surface area contributed by atoms with Crippen molar-refractivity contribution >= 4 is 34.6 Å². The molecule has 0 saturated carbocycles. The lowest BCUT2D eigenvalue weighted by molar-refractivity contribution is -0.274. The molecule has 3 heterocycles. The van der Waals surface area contributed by atoms with Gasteiger partial charge in [0.15, 0.2) is 0 Å². The number of halogens is 4. The van der Waals surface area contributed by atoms with Gasteiger partial charge in [-0.2, -0.15) is 5.26 Å². The number of carbonyl (C=O) groups is 1. The Hall–Kier alpha value is -4.33. The van der Waals surface area contributed by atoms with E-state index in [9.17, 15) is 18.0 Å². The number of nitriles is 1. The van der Waals surface area contributed by atoms with Gasteiger partial charge < -0.3 is 10.1 Å². The normalized spacial score (nSPS) is 13.8. The minimum Gasteiger partial charge on any atom is -0.406 e. The lowest BCUT2D eigenvalue weighted by Crippen LogP contribution is -2.34. The number of amides is 1. The Morgan fingerprint density at radius 1 is 1.18 bits per heavy atom. The van der Waals surface area contributed by atoms with Crippen molar-refractivity contribution in [1.82, 2.24) is 19.8 Å². The first-order valence-electron chi connectivity index (χ1n) is 12.4. The van der Waals surface area contributed by atoms with Gasteiger partial charge in [0.2, 0.25) is 0 Å². The van der Waals surface area contributed by atoms with E-state index in [2.05, 4.69) is 26.0 Å². The second-order valence-corrected chi connectivity index (χ2v) is 9.64. The van der Waals surface area contributed by atoms with Crippen LogP contribution in [0.3, 0.4) is 0 Å². The number of rotatable bonds is 6. The molecule has 4 aromatic rings. The lowest BCUT2D eigenvalue weighted by atomic mass is 10.0. The number of carbonyl (C=O) groups excluding carboxylic acids is 1. The van der Waals surface area contributed by atoms with Crippen LogP contribution < -0.4 is 10.1 Å². The molecule has 0 radical (unpaired) electrons. The van der Waals surface area contributed by atoms with E-state index in [1.807, 2.05) is 24.3 Å². The van der Waals surface area contributed by atoms with Crippen molar-refractivity contribution in [3.8, 4) is 11.8 Å². The Balaban J connectivity index is 1.41. The fraction of sp³-hybridized carbons (Fsp3) is 0.207. The zero-order chi connectivity index (χ0) is 28.3. The minimum atomic E-state index is -4.86. The van der Waals surface area contributed by atoms with E-state index >= 15 is 0 Å². The summed E-state index contributed by atoms with van der Waals surface area (Å²) in [5.41, 5.74) is 4.27. The molecule has 1 N–H and O–H groups in total. The molecular formula is C29H23ClF3N5O2. The van der Waals surface area contributed by atoms with Gasteiger partial charge in [-0.05, 0) is 53.1 Å². The molecule has 1 aliphatic heterocycles. The molecule has 11 heteroatoms. The van der Waals surface area contributed by atoms with Gasteiger partial charge in [-0.15, -0.1) is 13.2 Å². The molecular weight excluding hydrogens is 543 g/mol. The Labute approximate surface area is 233 Å². The lowest BCUT2D eigenvalue weighted by Gasteiger charge is -2.27. The third-order valence-corrected chi connectivity index (χ3v) is 6.79. The molecule has 1 aliphatic rings. The fourth-order valence-corrected chi connectivity index (χ4v) is 4.99. The maximum absolute atomic E-state index is 13.4. The second-order valence-electron chi connectivity index (χ2n) is 9.25. The summed E-state index contributed by atoms with van der Waals surface area (Å²) < 4.78 is 44.4. The van der Waals surface area contributed by atoms with Gasteiger partial charge >= 0.3 is 12.4 Å². The molecule has 1 amide bonds. The summed E-state index contributed by atoms with van der Waals surface area (Å²) in [4.78, 5) is 19.5. The molecule has 7 nitrogen and oxygen atoms in total. The molecule has 0 bridgehead atoms. The van der Waals surface area contributed by atoms with Crippen molar-refractivity contribution in [2.75, 3.05) is 13.1 Å². The maximum atomic E-state index is 13.4. The van der Waals surface area contributed by atoms with Gasteiger partial charge in [-0.1, -0.05) is 35.9 Å². The van der Waals surface area contributed by atoms with Crippen LogP contribution in [0.5, 0.6) is 5.75 Å². The highest BCUT2D eigenvalue weighted by Crippen LogP contribution is 2.34. The summed E-state index contributed by atoms with van der Waals surface area (Å²) in [5, 5.41) is 12.8. The molecule has 5 rings (SSSR count). The van der Waals surface area contributed by atoms with E-state index in [0.717, 1.165) is 22.4 Å². The molecule has 0 fully saturated rings. The van der Waals surface area contributed by atoms with Crippen molar-refractivity contribution in [3.05, 3.63) is 100.0 Å². The van der Waals surface area contributed by atoms with E-state index < -0.39 is 18.1 Å². The van der Waals surface area contributed by atoms with Crippen LogP contribution >= 0.6 is 11.6 Å². The van der Waals surface area contributed by atoms with Gasteiger partial charge in [0.05, 0.1) is 17.1 Å². The molecule has 0 spiro atoms. The van der Waals surface area contributed by atoms with E-state index in [0.29, 0.717) is 42.5 Å². The first-order valence-corrected chi connectivity index (χ1v) is 12.8. The smallest absolute Gasteiger partial charge is 0.406 e. The number of nitrogens with zero attached hydrogens (tertiary/aromatic N) is 4. The number of hydrogen-bond donors (Lipinski definition) is 1. The molecule has 204 valence electrons. The number of fused-ring (bicyclic) bond motifs is 3. The Morgan fingerprint density at radius 3 is 2.70 bits per heavy atom. The van der Waals surface area contributed by atoms with Crippen LogP contribution in [0.25, 0.3) is 17.0 Å². The van der Waals surface area contributed by atoms with Crippen LogP contribution in [0.4, 0.5) is 18.0 Å². The number of nitrogens with one attached hydrogen (secondary N) is 1. The van der Waals surface area contributed by atoms with Gasteiger partial charge in [-0.25, -0.2) is 9.78 Å². The number of pyridine rings is 1. The van der Waals surface area contributed by atoms with Gasteiger partial charge in [-0.3, -0.25) is 9.47 Å². The highest BCUT2D eigenvalue weighted by Gasteiger charge is 2.32. The van der Waals surface area contributed by atoms with Crippen LogP contribution in [0.15, 0.2) is 66.9 Å². The molecule has 2 aromatic heterocycles. The Morgan fingerprint density at radius 2 is 1.98 bits per heavy atom. The summed E-state index contributed by atoms with van der Waals surface area (Å²) in [7, 11) is 0. The standard InChI is InChI=1S/C29H23ClF3N5O2/c30-27-14-21(9-11-35-27)17-36-28(39)38-25-10-13-37(12-1-2-19-3-5-20(16-34)6-4-19)18-24(25)23-8-7-22(15-26(23)38)40-29(31,32)33/h1-9,11,14-15H,10,12-13,17-18H2,(H,36,39)/b2-1+. The summed E-state index contributed by atoms with van der Waals surface area (Å²) in [5.74, 6) is -0.396. The van der Waals surface area contributed by atoms with Gasteiger partial charge in [0.25, 0.3) is 0 Å². The van der Waals surface area contributed by atoms with E-state index in [4.69, 9.17) is 16.9 Å². The third-order valence-electron chi connectivity index (χ3n) is 6.59. The maximum Gasteiger partial charge on any atom is 0.573 e. The largest absolute Gasteiger partial charge is 0.573 e.